The molecule has 72 valence electrons. The van der Waals surface area contributed by atoms with Gasteiger partial charge in [0, 0.05) is 19.8 Å². The molecule has 0 unspecified atom stereocenters. The van der Waals surface area contributed by atoms with Crippen LogP contribution in [0.4, 0.5) is 11.4 Å². The minimum atomic E-state index is 0.704. The van der Waals surface area contributed by atoms with Crippen molar-refractivity contribution in [1.82, 2.24) is 0 Å². The summed E-state index contributed by atoms with van der Waals surface area (Å²) in [5.41, 5.74) is 4.76. The van der Waals surface area contributed by atoms with Gasteiger partial charge in [-0.05, 0) is 24.3 Å². The van der Waals surface area contributed by atoms with Gasteiger partial charge in [-0.3, -0.25) is 0 Å². The first-order valence-corrected chi connectivity index (χ1v) is 4.36. The molecule has 1 aromatic rings. The minimum Gasteiger partial charge on any atom is -0.378 e. The standard InChI is InChI=1S/C8H11N3.C2H6/c1-11(2)8-5-3-7(10-9)4-6-8;1-2/h3-6,9H,1-2H3;1-2H3/i/hD. The highest BCUT2D eigenvalue weighted by atomic mass is 15.1. The lowest BCUT2D eigenvalue weighted by molar-refractivity contribution is 1.12. The Balaban J connectivity index is 0.000000791. The lowest BCUT2D eigenvalue weighted by Crippen LogP contribution is -2.07. The molecule has 0 amide bonds. The van der Waals surface area contributed by atoms with Crippen LogP contribution >= 0.6 is 0 Å². The molecule has 3 nitrogen and oxygen atoms in total. The van der Waals surface area contributed by atoms with Crippen LogP contribution < -0.4 is 4.90 Å². The zero-order valence-corrected chi connectivity index (χ0v) is 8.65. The second-order valence-corrected chi connectivity index (χ2v) is 2.51. The lowest BCUT2D eigenvalue weighted by atomic mass is 10.3. The molecule has 0 aromatic heterocycles. The van der Waals surface area contributed by atoms with E-state index in [0.29, 0.717) is 5.69 Å². The Labute approximate surface area is 81.4 Å². The smallest absolute Gasteiger partial charge is 0.214 e. The van der Waals surface area contributed by atoms with Crippen LogP contribution in [-0.4, -0.2) is 14.1 Å². The monoisotopic (exact) mass is 180 g/mol. The Morgan fingerprint density at radius 1 is 1.23 bits per heavy atom. The van der Waals surface area contributed by atoms with Gasteiger partial charge in [-0.1, -0.05) is 13.8 Å². The third kappa shape index (κ3) is 3.69. The highest BCUT2D eigenvalue weighted by molar-refractivity contribution is 5.51. The van der Waals surface area contributed by atoms with Gasteiger partial charge in [0.2, 0.25) is 1.41 Å². The Hall–Kier alpha value is -1.38. The number of anilines is 1. The van der Waals surface area contributed by atoms with E-state index in [-0.39, 0.29) is 0 Å². The summed E-state index contributed by atoms with van der Waals surface area (Å²) in [6, 6.07) is 7.52. The Kier molecular flexibility index (Phi) is 4.61. The van der Waals surface area contributed by atoms with Crippen molar-refractivity contribution in [3.05, 3.63) is 24.3 Å². The topological polar surface area (TPSA) is 39.5 Å². The molecule has 0 heterocycles. The van der Waals surface area contributed by atoms with Crippen LogP contribution in [-0.2, 0) is 0 Å². The maximum atomic E-state index is 6.53. The van der Waals surface area contributed by atoms with Crippen LogP contribution in [0.25, 0.3) is 0 Å². The van der Waals surface area contributed by atoms with E-state index in [9.17, 15) is 0 Å². The molecule has 0 fully saturated rings. The summed E-state index contributed by atoms with van der Waals surface area (Å²) in [5.74, 6) is 0. The SMILES string of the molecule is CC.[2H]N=Nc1ccc(N(C)C)cc1. The summed E-state index contributed by atoms with van der Waals surface area (Å²) in [4.78, 5) is 2.00. The molecular weight excluding hydrogens is 162 g/mol. The minimum absolute atomic E-state index is 0.704. The maximum absolute atomic E-state index is 6.53. The van der Waals surface area contributed by atoms with Gasteiger partial charge in [-0.2, -0.15) is 5.11 Å². The average Bonchev–Trinajstić information content (AvgIpc) is 2.22. The van der Waals surface area contributed by atoms with Crippen LogP contribution in [0.3, 0.4) is 0 Å². The first kappa shape index (κ1) is 9.71. The van der Waals surface area contributed by atoms with Gasteiger partial charge in [-0.25, -0.2) is 5.52 Å². The van der Waals surface area contributed by atoms with Crippen LogP contribution in [0.5, 0.6) is 0 Å². The average molecular weight is 180 g/mol. The third-order valence-electron chi connectivity index (χ3n) is 1.48. The van der Waals surface area contributed by atoms with Gasteiger partial charge < -0.3 is 4.90 Å². The Bertz CT molecular complexity index is 267. The molecule has 0 spiro atoms. The van der Waals surface area contributed by atoms with Crippen LogP contribution in [0.2, 0.25) is 1.41 Å². The van der Waals surface area contributed by atoms with Crippen molar-refractivity contribution in [2.75, 3.05) is 19.0 Å². The Morgan fingerprint density at radius 3 is 2.15 bits per heavy atom. The van der Waals surface area contributed by atoms with Crippen LogP contribution in [0.15, 0.2) is 29.4 Å². The van der Waals surface area contributed by atoms with Gasteiger partial charge >= 0.3 is 0 Å². The quantitative estimate of drug-likeness (QED) is 0.696. The van der Waals surface area contributed by atoms with E-state index in [1.807, 2.05) is 57.1 Å². The maximum Gasteiger partial charge on any atom is 0.214 e. The highest BCUT2D eigenvalue weighted by Gasteiger charge is 1.93. The van der Waals surface area contributed by atoms with Crippen molar-refractivity contribution in [2.24, 2.45) is 5.11 Å². The molecule has 1 rings (SSSR count). The predicted molar refractivity (Wildman–Crippen MR) is 56.9 cm³/mol. The van der Waals surface area contributed by atoms with Crippen molar-refractivity contribution in [2.45, 2.75) is 13.8 Å². The van der Waals surface area contributed by atoms with Gasteiger partial charge in [0.15, 0.2) is 0 Å². The number of hydrogen-bond acceptors (Lipinski definition) is 3. The fourth-order valence-electron chi connectivity index (χ4n) is 0.817. The molecule has 1 N–H and O–H groups in total. The number of benzene rings is 1. The van der Waals surface area contributed by atoms with Gasteiger partial charge in [0.1, 0.15) is 0 Å². The van der Waals surface area contributed by atoms with E-state index >= 15 is 0 Å². The van der Waals surface area contributed by atoms with Gasteiger partial charge in [0.05, 0.1) is 5.69 Å². The number of nitrogens with zero attached hydrogens (tertiary/aromatic N) is 2. The number of rotatable bonds is 2. The van der Waals surface area contributed by atoms with Crippen LogP contribution in [0.1, 0.15) is 13.8 Å². The number of nitrogens with one attached hydrogen (secondary N) is 1. The molecule has 0 bridgehead atoms. The van der Waals surface area contributed by atoms with Crippen LogP contribution in [0, 0.1) is 5.52 Å². The molecule has 0 radical (unpaired) electrons. The molecule has 0 aliphatic rings. The third-order valence-corrected chi connectivity index (χ3v) is 1.48. The fourth-order valence-corrected chi connectivity index (χ4v) is 0.817. The molecular formula is C10H17N3. The zero-order chi connectivity index (χ0) is 11.0. The molecule has 0 aliphatic carbocycles. The first-order chi connectivity index (χ1) is 6.74. The lowest BCUT2D eigenvalue weighted by Gasteiger charge is -2.11. The van der Waals surface area contributed by atoms with E-state index in [1.165, 1.54) is 0 Å². The summed E-state index contributed by atoms with van der Waals surface area (Å²) in [5, 5.41) is 3.58. The van der Waals surface area contributed by atoms with Gasteiger partial charge in [-0.15, -0.1) is 0 Å². The highest BCUT2D eigenvalue weighted by Crippen LogP contribution is 2.17. The summed E-state index contributed by atoms with van der Waals surface area (Å²) < 4.78 is 6.53. The van der Waals surface area contributed by atoms with Gasteiger partial charge in [0.25, 0.3) is 0 Å². The molecule has 3 heteroatoms. The van der Waals surface area contributed by atoms with Crippen molar-refractivity contribution in [1.29, 1.82) is 5.52 Å². The zero-order valence-electron chi connectivity index (χ0n) is 9.65. The molecule has 0 saturated carbocycles. The van der Waals surface area contributed by atoms with Crippen molar-refractivity contribution >= 4 is 11.4 Å². The normalized spacial score (nSPS) is 10.3. The predicted octanol–water partition coefficient (Wildman–Crippen LogP) is 3.44. The number of hydrogen-bond donors (Lipinski definition) is 1. The fraction of sp³-hybridized carbons (Fsp3) is 0.400. The summed E-state index contributed by atoms with van der Waals surface area (Å²) in [6.07, 6.45) is 0. The molecule has 0 atom stereocenters. The molecule has 13 heavy (non-hydrogen) atoms. The summed E-state index contributed by atoms with van der Waals surface area (Å²) in [6.45, 7) is 4.00. The first-order valence-electron chi connectivity index (χ1n) is 4.81. The van der Waals surface area contributed by atoms with Crippen molar-refractivity contribution in [3.8, 4) is 0 Å². The Morgan fingerprint density at radius 2 is 1.77 bits per heavy atom. The van der Waals surface area contributed by atoms with E-state index in [0.717, 1.165) is 5.69 Å². The molecule has 0 saturated heterocycles. The van der Waals surface area contributed by atoms with E-state index < -0.39 is 0 Å². The van der Waals surface area contributed by atoms with Crippen molar-refractivity contribution < 1.29 is 1.41 Å². The van der Waals surface area contributed by atoms with E-state index in [4.69, 9.17) is 1.41 Å². The second kappa shape index (κ2) is 6.17. The summed E-state index contributed by atoms with van der Waals surface area (Å²) in [7, 11) is 3.95. The second-order valence-electron chi connectivity index (χ2n) is 2.51. The largest absolute Gasteiger partial charge is 0.378 e. The summed E-state index contributed by atoms with van der Waals surface area (Å²) >= 11 is 0. The van der Waals surface area contributed by atoms with E-state index in [2.05, 4.69) is 10.6 Å². The molecule has 0 aliphatic heterocycles. The van der Waals surface area contributed by atoms with E-state index in [1.54, 1.807) is 0 Å². The van der Waals surface area contributed by atoms with Crippen molar-refractivity contribution in [3.63, 3.8) is 0 Å². The molecule has 1 aromatic carbocycles.